The molecular formula is C7H11FO6S. The summed E-state index contributed by atoms with van der Waals surface area (Å²) in [4.78, 5) is 10.8. The number of alkyl halides is 1. The molecule has 1 fully saturated rings. The lowest BCUT2D eigenvalue weighted by atomic mass is 10.3. The van der Waals surface area contributed by atoms with Gasteiger partial charge in [0.1, 0.15) is 6.10 Å². The Kier molecular flexibility index (Phi) is 3.63. The third kappa shape index (κ3) is 3.40. The topological polar surface area (TPSA) is 101 Å². The van der Waals surface area contributed by atoms with Crippen LogP contribution in [0.25, 0.3) is 0 Å². The molecule has 0 aromatic rings. The minimum atomic E-state index is -5.06. The van der Waals surface area contributed by atoms with E-state index in [2.05, 4.69) is 4.74 Å². The molecule has 2 N–H and O–H groups in total. The first-order valence-electron chi connectivity index (χ1n) is 4.29. The molecule has 1 saturated carbocycles. The van der Waals surface area contributed by atoms with E-state index < -0.39 is 33.8 Å². The number of esters is 1. The Morgan fingerprint density at radius 2 is 2.07 bits per heavy atom. The average molecular weight is 242 g/mol. The van der Waals surface area contributed by atoms with Gasteiger partial charge in [-0.25, -0.2) is 9.18 Å². The lowest BCUT2D eigenvalue weighted by Gasteiger charge is -2.12. The average Bonchev–Trinajstić information content (AvgIpc) is 2.48. The first-order valence-corrected chi connectivity index (χ1v) is 5.80. The Hall–Kier alpha value is -0.730. The minimum absolute atomic E-state index is 0.157. The van der Waals surface area contributed by atoms with E-state index in [1.165, 1.54) is 0 Å². The van der Waals surface area contributed by atoms with Crippen LogP contribution >= 0.6 is 0 Å². The third-order valence-electron chi connectivity index (χ3n) is 2.09. The fraction of sp³-hybridized carbons (Fsp3) is 0.857. The minimum Gasteiger partial charge on any atom is -0.459 e. The second-order valence-corrected chi connectivity index (χ2v) is 4.80. The zero-order valence-corrected chi connectivity index (χ0v) is 8.48. The van der Waals surface area contributed by atoms with Crippen LogP contribution in [0.2, 0.25) is 0 Å². The van der Waals surface area contributed by atoms with Crippen LogP contribution in [0.1, 0.15) is 19.3 Å². The van der Waals surface area contributed by atoms with Crippen molar-refractivity contribution in [3.63, 3.8) is 0 Å². The number of ether oxygens (including phenoxy) is 1. The fourth-order valence-electron chi connectivity index (χ4n) is 1.36. The van der Waals surface area contributed by atoms with Crippen molar-refractivity contribution in [2.45, 2.75) is 37.0 Å². The molecule has 0 radical (unpaired) electrons. The molecule has 88 valence electrons. The summed E-state index contributed by atoms with van der Waals surface area (Å²) in [5.41, 5.74) is -3.07. The van der Waals surface area contributed by atoms with Crippen molar-refractivity contribution in [2.75, 3.05) is 0 Å². The molecule has 0 saturated heterocycles. The summed E-state index contributed by atoms with van der Waals surface area (Å²) in [5, 5.41) is 9.06. The van der Waals surface area contributed by atoms with E-state index in [1.807, 2.05) is 0 Å². The van der Waals surface area contributed by atoms with Gasteiger partial charge < -0.3 is 9.84 Å². The molecule has 1 aliphatic carbocycles. The van der Waals surface area contributed by atoms with Crippen molar-refractivity contribution < 1.29 is 32.0 Å². The Balaban J connectivity index is 2.49. The van der Waals surface area contributed by atoms with Crippen molar-refractivity contribution in [3.8, 4) is 0 Å². The zero-order chi connectivity index (χ0) is 11.6. The largest absolute Gasteiger partial charge is 0.459 e. The third-order valence-corrected chi connectivity index (χ3v) is 2.80. The predicted octanol–water partition coefficient (Wildman–Crippen LogP) is -0.374. The SMILES string of the molecule is O=C(OC1CCC(O)C1)C(F)S(=O)(=O)O. The molecular weight excluding hydrogens is 231 g/mol. The van der Waals surface area contributed by atoms with E-state index >= 15 is 0 Å². The molecule has 0 aromatic carbocycles. The van der Waals surface area contributed by atoms with Crippen LogP contribution in [0, 0.1) is 0 Å². The number of rotatable bonds is 3. The van der Waals surface area contributed by atoms with Crippen LogP contribution in [0.15, 0.2) is 0 Å². The quantitative estimate of drug-likeness (QED) is 0.517. The van der Waals surface area contributed by atoms with E-state index in [9.17, 15) is 17.6 Å². The summed E-state index contributed by atoms with van der Waals surface area (Å²) in [6.07, 6.45) is -0.380. The maximum absolute atomic E-state index is 12.7. The lowest BCUT2D eigenvalue weighted by Crippen LogP contribution is -2.30. The summed E-state index contributed by atoms with van der Waals surface area (Å²) in [7, 11) is -5.06. The van der Waals surface area contributed by atoms with Crippen LogP contribution in [0.4, 0.5) is 4.39 Å². The molecule has 6 nitrogen and oxygen atoms in total. The molecule has 0 bridgehead atoms. The standard InChI is InChI=1S/C7H11FO6S/c8-6(15(11,12)13)7(10)14-5-2-1-4(9)3-5/h4-6,9H,1-3H2,(H,11,12,13). The first-order chi connectivity index (χ1) is 6.80. The van der Waals surface area contributed by atoms with Gasteiger partial charge in [-0.1, -0.05) is 0 Å². The smallest absolute Gasteiger partial charge is 0.359 e. The second-order valence-electron chi connectivity index (χ2n) is 3.36. The van der Waals surface area contributed by atoms with Gasteiger partial charge in [0.05, 0.1) is 6.10 Å². The van der Waals surface area contributed by atoms with Gasteiger partial charge >= 0.3 is 21.6 Å². The highest BCUT2D eigenvalue weighted by atomic mass is 32.2. The zero-order valence-electron chi connectivity index (χ0n) is 7.67. The molecule has 3 unspecified atom stereocenters. The molecule has 3 atom stereocenters. The highest BCUT2D eigenvalue weighted by Gasteiger charge is 2.35. The van der Waals surface area contributed by atoms with Gasteiger partial charge in [0, 0.05) is 6.42 Å². The summed E-state index contributed by atoms with van der Waals surface area (Å²) < 4.78 is 45.8. The number of hydrogen-bond acceptors (Lipinski definition) is 5. The molecule has 1 rings (SSSR count). The Bertz CT molecular complexity index is 339. The van der Waals surface area contributed by atoms with Crippen molar-refractivity contribution in [2.24, 2.45) is 0 Å². The van der Waals surface area contributed by atoms with Gasteiger partial charge in [-0.3, -0.25) is 4.55 Å². The maximum Gasteiger partial charge on any atom is 0.359 e. The van der Waals surface area contributed by atoms with Crippen molar-refractivity contribution in [1.29, 1.82) is 0 Å². The number of halogens is 1. The Labute approximate surface area is 85.8 Å². The van der Waals surface area contributed by atoms with Crippen molar-refractivity contribution >= 4 is 16.1 Å². The Morgan fingerprint density at radius 3 is 2.47 bits per heavy atom. The second kappa shape index (κ2) is 4.42. The van der Waals surface area contributed by atoms with Crippen LogP contribution < -0.4 is 0 Å². The van der Waals surface area contributed by atoms with Gasteiger partial charge in [0.15, 0.2) is 0 Å². The summed E-state index contributed by atoms with van der Waals surface area (Å²) in [5.74, 6) is -1.64. The summed E-state index contributed by atoms with van der Waals surface area (Å²) in [6.45, 7) is 0. The predicted molar refractivity (Wildman–Crippen MR) is 46.2 cm³/mol. The highest BCUT2D eigenvalue weighted by molar-refractivity contribution is 7.87. The lowest BCUT2D eigenvalue weighted by molar-refractivity contribution is -0.151. The number of carbonyl (C=O) groups is 1. The molecule has 1 aliphatic rings. The normalized spacial score (nSPS) is 28.7. The fourth-order valence-corrected chi connectivity index (χ4v) is 1.66. The molecule has 0 heterocycles. The van der Waals surface area contributed by atoms with Gasteiger partial charge in [-0.15, -0.1) is 0 Å². The molecule has 0 aliphatic heterocycles. The summed E-state index contributed by atoms with van der Waals surface area (Å²) >= 11 is 0. The van der Waals surface area contributed by atoms with Crippen LogP contribution in [0.5, 0.6) is 0 Å². The molecule has 8 heteroatoms. The van der Waals surface area contributed by atoms with Gasteiger partial charge in [-0.2, -0.15) is 8.42 Å². The number of carbonyl (C=O) groups excluding carboxylic acids is 1. The van der Waals surface area contributed by atoms with Gasteiger partial charge in [-0.05, 0) is 12.8 Å². The highest BCUT2D eigenvalue weighted by Crippen LogP contribution is 2.22. The molecule has 15 heavy (non-hydrogen) atoms. The Morgan fingerprint density at radius 1 is 1.47 bits per heavy atom. The van der Waals surface area contributed by atoms with Crippen LogP contribution in [0.3, 0.4) is 0 Å². The van der Waals surface area contributed by atoms with E-state index in [-0.39, 0.29) is 6.42 Å². The van der Waals surface area contributed by atoms with Gasteiger partial charge in [0.2, 0.25) is 0 Å². The van der Waals surface area contributed by atoms with E-state index in [0.29, 0.717) is 12.8 Å². The summed E-state index contributed by atoms with van der Waals surface area (Å²) in [6, 6.07) is 0. The van der Waals surface area contributed by atoms with Crippen LogP contribution in [-0.4, -0.2) is 41.8 Å². The number of hydrogen-bond donors (Lipinski definition) is 2. The van der Waals surface area contributed by atoms with E-state index in [4.69, 9.17) is 9.66 Å². The molecule has 0 amide bonds. The maximum atomic E-state index is 12.7. The van der Waals surface area contributed by atoms with Crippen molar-refractivity contribution in [3.05, 3.63) is 0 Å². The van der Waals surface area contributed by atoms with Crippen molar-refractivity contribution in [1.82, 2.24) is 0 Å². The van der Waals surface area contributed by atoms with Crippen LogP contribution in [-0.2, 0) is 19.6 Å². The number of aliphatic hydroxyl groups is 1. The molecule has 0 spiro atoms. The first kappa shape index (κ1) is 12.3. The number of aliphatic hydroxyl groups excluding tert-OH is 1. The van der Waals surface area contributed by atoms with E-state index in [0.717, 1.165) is 0 Å². The van der Waals surface area contributed by atoms with Gasteiger partial charge in [0.25, 0.3) is 0 Å². The molecule has 0 aromatic heterocycles. The van der Waals surface area contributed by atoms with E-state index in [1.54, 1.807) is 0 Å². The monoisotopic (exact) mass is 242 g/mol.